The molecule has 88 valence electrons. The van der Waals surface area contributed by atoms with Gasteiger partial charge in [0.1, 0.15) is 11.7 Å². The average Bonchev–Trinajstić information content (AvgIpc) is 2.78. The molecule has 0 spiro atoms. The number of rotatable bonds is 0. The van der Waals surface area contributed by atoms with Crippen molar-refractivity contribution in [2.24, 2.45) is 9.98 Å². The minimum atomic E-state index is 0.120. The van der Waals surface area contributed by atoms with Gasteiger partial charge in [-0.2, -0.15) is 8.75 Å². The van der Waals surface area contributed by atoms with Gasteiger partial charge in [0, 0.05) is 11.5 Å². The molecular formula is C12H14N4S. The highest BCUT2D eigenvalue weighted by molar-refractivity contribution is 6.99. The van der Waals surface area contributed by atoms with Gasteiger partial charge >= 0.3 is 0 Å². The molecule has 17 heavy (non-hydrogen) atoms. The van der Waals surface area contributed by atoms with Gasteiger partial charge in [0.25, 0.3) is 0 Å². The average molecular weight is 246 g/mol. The van der Waals surface area contributed by atoms with Crippen LogP contribution >= 0.6 is 11.7 Å². The van der Waals surface area contributed by atoms with Crippen LogP contribution in [0.15, 0.2) is 15.7 Å². The summed E-state index contributed by atoms with van der Waals surface area (Å²) < 4.78 is 8.78. The maximum atomic E-state index is 4.76. The van der Waals surface area contributed by atoms with Crippen LogP contribution in [-0.4, -0.2) is 26.2 Å². The Balaban J connectivity index is 2.24. The lowest BCUT2D eigenvalue weighted by Gasteiger charge is -2.29. The van der Waals surface area contributed by atoms with Crippen LogP contribution in [0, 0.1) is 0 Å². The highest BCUT2D eigenvalue weighted by atomic mass is 32.1. The van der Waals surface area contributed by atoms with Gasteiger partial charge < -0.3 is 0 Å². The van der Waals surface area contributed by atoms with Gasteiger partial charge in [-0.1, -0.05) is 6.92 Å². The Labute approximate surface area is 105 Å². The molecule has 5 heteroatoms. The highest BCUT2D eigenvalue weighted by Gasteiger charge is 2.36. The van der Waals surface area contributed by atoms with Gasteiger partial charge in [0.05, 0.1) is 34.5 Å². The van der Waals surface area contributed by atoms with Gasteiger partial charge in [-0.25, -0.2) is 0 Å². The van der Waals surface area contributed by atoms with Crippen molar-refractivity contribution < 1.29 is 0 Å². The smallest absolute Gasteiger partial charge is 0.105 e. The Morgan fingerprint density at radius 2 is 1.82 bits per heavy atom. The normalized spacial score (nSPS) is 27.3. The van der Waals surface area contributed by atoms with Crippen LogP contribution in [0.4, 0.5) is 0 Å². The Morgan fingerprint density at radius 3 is 2.59 bits per heavy atom. The van der Waals surface area contributed by atoms with E-state index in [2.05, 4.69) is 22.6 Å². The molecule has 1 aliphatic carbocycles. The molecule has 0 bridgehead atoms. The summed E-state index contributed by atoms with van der Waals surface area (Å²) in [4.78, 5) is 9.46. The van der Waals surface area contributed by atoms with E-state index >= 15 is 0 Å². The lowest BCUT2D eigenvalue weighted by molar-refractivity contribution is 0.607. The van der Waals surface area contributed by atoms with Crippen molar-refractivity contribution in [1.82, 2.24) is 8.75 Å². The fourth-order valence-corrected chi connectivity index (χ4v) is 3.06. The van der Waals surface area contributed by atoms with Gasteiger partial charge in [0.2, 0.25) is 0 Å². The van der Waals surface area contributed by atoms with Gasteiger partial charge in [-0.3, -0.25) is 9.98 Å². The molecule has 0 aromatic carbocycles. The number of hydrogen-bond donors (Lipinski definition) is 0. The third-order valence-electron chi connectivity index (χ3n) is 3.58. The molecule has 0 saturated carbocycles. The van der Waals surface area contributed by atoms with E-state index in [9.17, 15) is 0 Å². The summed E-state index contributed by atoms with van der Waals surface area (Å²) >= 11 is 1.28. The van der Waals surface area contributed by atoms with Crippen molar-refractivity contribution in [1.29, 1.82) is 0 Å². The van der Waals surface area contributed by atoms with Gasteiger partial charge in [0.15, 0.2) is 0 Å². The molecule has 1 aliphatic heterocycles. The SMILES string of the molecule is CC1=NC2=C(C)c3nsnc3C(C)C2N=C1C. The Morgan fingerprint density at radius 1 is 1.06 bits per heavy atom. The van der Waals surface area contributed by atoms with Crippen molar-refractivity contribution in [3.63, 3.8) is 0 Å². The van der Waals surface area contributed by atoms with E-state index in [4.69, 9.17) is 9.98 Å². The standard InChI is InChI=1S/C12H14N4S/c1-5-9-10(14-8(4)7(3)13-9)6(2)12-11(5)15-17-16-12/h5,9H,1-4H3. The Hall–Kier alpha value is -1.36. The molecule has 1 aromatic rings. The van der Waals surface area contributed by atoms with Gasteiger partial charge in [-0.05, 0) is 20.8 Å². The maximum absolute atomic E-state index is 4.76. The number of fused-ring (bicyclic) bond motifs is 2. The third kappa shape index (κ3) is 1.42. The van der Waals surface area contributed by atoms with E-state index in [-0.39, 0.29) is 12.0 Å². The van der Waals surface area contributed by atoms with E-state index in [0.717, 1.165) is 34.1 Å². The minimum absolute atomic E-state index is 0.120. The molecule has 2 heterocycles. The summed E-state index contributed by atoms with van der Waals surface area (Å²) in [6.07, 6.45) is 0. The summed E-state index contributed by atoms with van der Waals surface area (Å²) in [5.41, 5.74) is 6.33. The lowest BCUT2D eigenvalue weighted by atomic mass is 9.84. The predicted molar refractivity (Wildman–Crippen MR) is 70.9 cm³/mol. The quantitative estimate of drug-likeness (QED) is 0.706. The number of aliphatic imine (C=N–C) groups is 2. The number of hydrogen-bond acceptors (Lipinski definition) is 5. The van der Waals surface area contributed by atoms with Crippen LogP contribution in [0.2, 0.25) is 0 Å². The largest absolute Gasteiger partial charge is 0.278 e. The van der Waals surface area contributed by atoms with Crippen LogP contribution in [0.5, 0.6) is 0 Å². The summed E-state index contributed by atoms with van der Waals surface area (Å²) in [5.74, 6) is 0.272. The van der Waals surface area contributed by atoms with Crippen LogP contribution in [0.25, 0.3) is 5.57 Å². The maximum Gasteiger partial charge on any atom is 0.105 e. The first-order valence-electron chi connectivity index (χ1n) is 5.73. The molecule has 0 amide bonds. The Kier molecular flexibility index (Phi) is 2.26. The summed E-state index contributed by atoms with van der Waals surface area (Å²) in [6.45, 7) is 8.26. The van der Waals surface area contributed by atoms with Crippen molar-refractivity contribution in [2.75, 3.05) is 0 Å². The summed E-state index contributed by atoms with van der Waals surface area (Å²) in [6, 6.07) is 0.120. The summed E-state index contributed by atoms with van der Waals surface area (Å²) in [7, 11) is 0. The van der Waals surface area contributed by atoms with E-state index in [0.29, 0.717) is 0 Å². The molecule has 0 saturated heterocycles. The fourth-order valence-electron chi connectivity index (χ4n) is 2.37. The van der Waals surface area contributed by atoms with E-state index in [1.54, 1.807) is 0 Å². The molecule has 1 aromatic heterocycles. The van der Waals surface area contributed by atoms with Crippen molar-refractivity contribution >= 4 is 28.7 Å². The first-order valence-corrected chi connectivity index (χ1v) is 6.46. The van der Waals surface area contributed by atoms with Crippen LogP contribution < -0.4 is 0 Å². The van der Waals surface area contributed by atoms with E-state index < -0.39 is 0 Å². The molecule has 0 fully saturated rings. The topological polar surface area (TPSA) is 50.5 Å². The first kappa shape index (κ1) is 10.8. The second-order valence-electron chi connectivity index (χ2n) is 4.65. The minimum Gasteiger partial charge on any atom is -0.278 e. The zero-order chi connectivity index (χ0) is 12.2. The molecule has 0 N–H and O–H groups in total. The number of nitrogens with zero attached hydrogens (tertiary/aromatic N) is 4. The lowest BCUT2D eigenvalue weighted by Crippen LogP contribution is -2.29. The van der Waals surface area contributed by atoms with Crippen LogP contribution in [0.3, 0.4) is 0 Å². The van der Waals surface area contributed by atoms with Crippen molar-refractivity contribution in [2.45, 2.75) is 39.7 Å². The molecule has 3 rings (SSSR count). The van der Waals surface area contributed by atoms with Crippen molar-refractivity contribution in [3.8, 4) is 0 Å². The molecule has 4 nitrogen and oxygen atoms in total. The van der Waals surface area contributed by atoms with E-state index in [1.807, 2.05) is 13.8 Å². The highest BCUT2D eigenvalue weighted by Crippen LogP contribution is 2.40. The van der Waals surface area contributed by atoms with Gasteiger partial charge in [-0.15, -0.1) is 0 Å². The zero-order valence-electron chi connectivity index (χ0n) is 10.4. The van der Waals surface area contributed by atoms with Crippen molar-refractivity contribution in [3.05, 3.63) is 17.1 Å². The number of aromatic nitrogens is 2. The molecule has 2 unspecified atom stereocenters. The fraction of sp³-hybridized carbons (Fsp3) is 0.500. The molecule has 2 atom stereocenters. The summed E-state index contributed by atoms with van der Waals surface area (Å²) in [5, 5.41) is 0. The van der Waals surface area contributed by atoms with Crippen LogP contribution in [0.1, 0.15) is 45.0 Å². The predicted octanol–water partition coefficient (Wildman–Crippen LogP) is 2.69. The van der Waals surface area contributed by atoms with Crippen LogP contribution in [-0.2, 0) is 0 Å². The third-order valence-corrected chi connectivity index (χ3v) is 4.13. The first-order chi connectivity index (χ1) is 8.09. The Bertz CT molecular complexity index is 579. The molecular weight excluding hydrogens is 232 g/mol. The zero-order valence-corrected chi connectivity index (χ0v) is 11.2. The monoisotopic (exact) mass is 246 g/mol. The molecule has 0 radical (unpaired) electrons. The molecule has 2 aliphatic rings. The van der Waals surface area contributed by atoms with E-state index in [1.165, 1.54) is 11.7 Å². The second kappa shape index (κ2) is 3.57. The second-order valence-corrected chi connectivity index (χ2v) is 5.18. The number of allylic oxidation sites excluding steroid dienone is 1.